The highest BCUT2D eigenvalue weighted by Crippen LogP contribution is 2.06. The Morgan fingerprint density at radius 3 is 2.67 bits per heavy atom. The van der Waals surface area contributed by atoms with Crippen LogP contribution in [0.2, 0.25) is 0 Å². The second kappa shape index (κ2) is 6.19. The van der Waals surface area contributed by atoms with Crippen molar-refractivity contribution in [2.24, 2.45) is 5.73 Å². The van der Waals surface area contributed by atoms with E-state index in [-0.39, 0.29) is 5.97 Å². The molecule has 0 aliphatic heterocycles. The summed E-state index contributed by atoms with van der Waals surface area (Å²) in [5.41, 5.74) is 6.89. The Bertz CT molecular complexity index is 298. The molecule has 0 spiro atoms. The summed E-state index contributed by atoms with van der Waals surface area (Å²) < 4.78 is 4.55. The van der Waals surface area contributed by atoms with Crippen molar-refractivity contribution >= 4 is 5.97 Å². The van der Waals surface area contributed by atoms with Gasteiger partial charge in [0.2, 0.25) is 0 Å². The second-order valence-electron chi connectivity index (χ2n) is 3.51. The van der Waals surface area contributed by atoms with E-state index < -0.39 is 6.04 Å². The first-order valence-electron chi connectivity index (χ1n) is 5.11. The molecular formula is C12H17NO2. The molecule has 0 unspecified atom stereocenters. The van der Waals surface area contributed by atoms with E-state index in [0.717, 1.165) is 12.8 Å². The van der Waals surface area contributed by atoms with Crippen LogP contribution in [0.5, 0.6) is 0 Å². The van der Waals surface area contributed by atoms with E-state index in [4.69, 9.17) is 5.73 Å². The summed E-state index contributed by atoms with van der Waals surface area (Å²) in [6, 6.07) is 9.67. The van der Waals surface area contributed by atoms with Crippen LogP contribution in [0.15, 0.2) is 30.3 Å². The molecule has 0 bridgehead atoms. The Morgan fingerprint density at radius 1 is 1.40 bits per heavy atom. The first kappa shape index (κ1) is 11.7. The van der Waals surface area contributed by atoms with Crippen molar-refractivity contribution in [1.29, 1.82) is 0 Å². The number of rotatable bonds is 5. The second-order valence-corrected chi connectivity index (χ2v) is 3.51. The third-order valence-corrected chi connectivity index (χ3v) is 2.33. The van der Waals surface area contributed by atoms with E-state index in [2.05, 4.69) is 16.9 Å². The summed E-state index contributed by atoms with van der Waals surface area (Å²) in [6.45, 7) is 0. The van der Waals surface area contributed by atoms with Crippen molar-refractivity contribution in [3.8, 4) is 0 Å². The highest BCUT2D eigenvalue weighted by Gasteiger charge is 2.12. The minimum absolute atomic E-state index is 0.330. The number of carbonyl (C=O) groups is 1. The Balaban J connectivity index is 2.25. The lowest BCUT2D eigenvalue weighted by atomic mass is 10.1. The van der Waals surface area contributed by atoms with Gasteiger partial charge in [0.1, 0.15) is 6.04 Å². The Kier molecular flexibility index (Phi) is 4.84. The zero-order chi connectivity index (χ0) is 11.1. The predicted octanol–water partition coefficient (Wildman–Crippen LogP) is 1.51. The van der Waals surface area contributed by atoms with Crippen molar-refractivity contribution in [1.82, 2.24) is 0 Å². The first-order valence-corrected chi connectivity index (χ1v) is 5.11. The van der Waals surface area contributed by atoms with Crippen molar-refractivity contribution in [2.45, 2.75) is 25.3 Å². The van der Waals surface area contributed by atoms with Gasteiger partial charge in [-0.2, -0.15) is 0 Å². The lowest BCUT2D eigenvalue weighted by Gasteiger charge is -2.08. The molecule has 0 heterocycles. The normalized spacial score (nSPS) is 12.1. The molecular weight excluding hydrogens is 190 g/mol. The molecule has 0 aliphatic carbocycles. The number of hydrogen-bond donors (Lipinski definition) is 1. The van der Waals surface area contributed by atoms with E-state index in [9.17, 15) is 4.79 Å². The van der Waals surface area contributed by atoms with Crippen molar-refractivity contribution < 1.29 is 9.53 Å². The molecule has 1 rings (SSSR count). The van der Waals surface area contributed by atoms with E-state index in [1.807, 2.05) is 18.2 Å². The van der Waals surface area contributed by atoms with E-state index in [1.165, 1.54) is 12.7 Å². The minimum Gasteiger partial charge on any atom is -0.468 e. The SMILES string of the molecule is COC(=O)[C@@H](N)CCCc1ccccc1. The van der Waals surface area contributed by atoms with Crippen molar-refractivity contribution in [2.75, 3.05) is 7.11 Å². The van der Waals surface area contributed by atoms with E-state index >= 15 is 0 Å². The number of methoxy groups -OCH3 is 1. The van der Waals surface area contributed by atoms with E-state index in [0.29, 0.717) is 6.42 Å². The van der Waals surface area contributed by atoms with Gasteiger partial charge in [0.05, 0.1) is 7.11 Å². The van der Waals surface area contributed by atoms with Gasteiger partial charge in [-0.3, -0.25) is 4.79 Å². The highest BCUT2D eigenvalue weighted by atomic mass is 16.5. The Morgan fingerprint density at radius 2 is 2.07 bits per heavy atom. The third kappa shape index (κ3) is 4.13. The molecule has 82 valence electrons. The van der Waals surface area contributed by atoms with Crippen LogP contribution in [-0.4, -0.2) is 19.1 Å². The quantitative estimate of drug-likeness (QED) is 0.744. The Hall–Kier alpha value is -1.35. The number of esters is 1. The largest absolute Gasteiger partial charge is 0.468 e. The zero-order valence-electron chi connectivity index (χ0n) is 8.98. The minimum atomic E-state index is -0.487. The lowest BCUT2D eigenvalue weighted by molar-refractivity contribution is -0.142. The summed E-state index contributed by atoms with van der Waals surface area (Å²) in [5, 5.41) is 0. The van der Waals surface area contributed by atoms with Gasteiger partial charge in [-0.25, -0.2) is 0 Å². The summed E-state index contributed by atoms with van der Waals surface area (Å²) >= 11 is 0. The molecule has 3 heteroatoms. The highest BCUT2D eigenvalue weighted by molar-refractivity contribution is 5.75. The van der Waals surface area contributed by atoms with Gasteiger partial charge < -0.3 is 10.5 Å². The number of nitrogens with two attached hydrogens (primary N) is 1. The number of aryl methyl sites for hydroxylation is 1. The molecule has 3 nitrogen and oxygen atoms in total. The van der Waals surface area contributed by atoms with Gasteiger partial charge >= 0.3 is 5.97 Å². The average molecular weight is 207 g/mol. The molecule has 0 fully saturated rings. The number of benzene rings is 1. The molecule has 0 amide bonds. The maximum atomic E-state index is 11.0. The molecule has 0 aromatic heterocycles. The number of carbonyl (C=O) groups excluding carboxylic acids is 1. The predicted molar refractivity (Wildman–Crippen MR) is 59.4 cm³/mol. The smallest absolute Gasteiger partial charge is 0.322 e. The molecule has 0 radical (unpaired) electrons. The van der Waals surface area contributed by atoms with Crippen LogP contribution >= 0.6 is 0 Å². The summed E-state index contributed by atoms with van der Waals surface area (Å²) in [5.74, 6) is -0.330. The number of hydrogen-bond acceptors (Lipinski definition) is 3. The molecule has 1 aromatic rings. The Labute approximate surface area is 90.2 Å². The lowest BCUT2D eigenvalue weighted by Crippen LogP contribution is -2.31. The van der Waals surface area contributed by atoms with Gasteiger partial charge in [0, 0.05) is 0 Å². The van der Waals surface area contributed by atoms with Crippen LogP contribution in [-0.2, 0) is 16.0 Å². The van der Waals surface area contributed by atoms with Crippen LogP contribution in [0.3, 0.4) is 0 Å². The van der Waals surface area contributed by atoms with Crippen LogP contribution < -0.4 is 5.73 Å². The maximum Gasteiger partial charge on any atom is 0.322 e. The molecule has 15 heavy (non-hydrogen) atoms. The van der Waals surface area contributed by atoms with Gasteiger partial charge in [-0.05, 0) is 24.8 Å². The van der Waals surface area contributed by atoms with Gasteiger partial charge in [0.25, 0.3) is 0 Å². The van der Waals surface area contributed by atoms with E-state index in [1.54, 1.807) is 0 Å². The summed E-state index contributed by atoms with van der Waals surface area (Å²) in [4.78, 5) is 11.0. The van der Waals surface area contributed by atoms with Crippen LogP contribution in [0.1, 0.15) is 18.4 Å². The molecule has 2 N–H and O–H groups in total. The molecule has 0 saturated heterocycles. The van der Waals surface area contributed by atoms with Crippen molar-refractivity contribution in [3.63, 3.8) is 0 Å². The van der Waals surface area contributed by atoms with Gasteiger partial charge in [0.15, 0.2) is 0 Å². The van der Waals surface area contributed by atoms with Gasteiger partial charge in [-0.1, -0.05) is 30.3 Å². The zero-order valence-corrected chi connectivity index (χ0v) is 8.98. The molecule has 0 aliphatic rings. The van der Waals surface area contributed by atoms with Crippen LogP contribution in [0.25, 0.3) is 0 Å². The molecule has 0 saturated carbocycles. The topological polar surface area (TPSA) is 52.3 Å². The van der Waals surface area contributed by atoms with Crippen LogP contribution in [0.4, 0.5) is 0 Å². The fourth-order valence-electron chi connectivity index (χ4n) is 1.44. The summed E-state index contributed by atoms with van der Waals surface area (Å²) in [7, 11) is 1.36. The third-order valence-electron chi connectivity index (χ3n) is 2.33. The molecule has 1 atom stereocenters. The maximum absolute atomic E-state index is 11.0. The number of ether oxygens (including phenoxy) is 1. The van der Waals surface area contributed by atoms with Crippen molar-refractivity contribution in [3.05, 3.63) is 35.9 Å². The standard InChI is InChI=1S/C12H17NO2/c1-15-12(14)11(13)9-5-8-10-6-3-2-4-7-10/h2-4,6-7,11H,5,8-9,13H2,1H3/t11-/m0/s1. The fourth-order valence-corrected chi connectivity index (χ4v) is 1.44. The monoisotopic (exact) mass is 207 g/mol. The first-order chi connectivity index (χ1) is 7.24. The average Bonchev–Trinajstić information content (AvgIpc) is 2.29. The molecule has 1 aromatic carbocycles. The summed E-state index contributed by atoms with van der Waals surface area (Å²) in [6.07, 6.45) is 2.52. The fraction of sp³-hybridized carbons (Fsp3) is 0.417. The van der Waals surface area contributed by atoms with Gasteiger partial charge in [-0.15, -0.1) is 0 Å². The van der Waals surface area contributed by atoms with Crippen LogP contribution in [0, 0.1) is 0 Å².